The second-order valence-corrected chi connectivity index (χ2v) is 6.40. The minimum atomic E-state index is -2.39. The van der Waals surface area contributed by atoms with Crippen molar-refractivity contribution in [1.29, 1.82) is 0 Å². The molecule has 0 rings (SSSR count). The van der Waals surface area contributed by atoms with Gasteiger partial charge in [0.15, 0.2) is 0 Å². The van der Waals surface area contributed by atoms with Crippen LogP contribution in [0, 0.1) is 0 Å². The molecule has 0 aromatic carbocycles. The SMILES string of the molecule is CCCO[Si](CCCS)(OCC)OCC. The Morgan fingerprint density at radius 1 is 1.00 bits per heavy atom. The van der Waals surface area contributed by atoms with Crippen molar-refractivity contribution in [3.05, 3.63) is 0 Å². The van der Waals surface area contributed by atoms with E-state index in [-0.39, 0.29) is 0 Å². The Morgan fingerprint density at radius 2 is 1.60 bits per heavy atom. The monoisotopic (exact) mass is 252 g/mol. The molecule has 0 spiro atoms. The van der Waals surface area contributed by atoms with Crippen LogP contribution in [0.5, 0.6) is 0 Å². The lowest BCUT2D eigenvalue weighted by molar-refractivity contribution is 0.0670. The van der Waals surface area contributed by atoms with Gasteiger partial charge in [0.2, 0.25) is 0 Å². The quantitative estimate of drug-likeness (QED) is 0.478. The van der Waals surface area contributed by atoms with Crippen LogP contribution in [-0.4, -0.2) is 34.4 Å². The maximum atomic E-state index is 5.82. The summed E-state index contributed by atoms with van der Waals surface area (Å²) in [6, 6.07) is 0.873. The second-order valence-electron chi connectivity index (χ2n) is 3.22. The Kier molecular flexibility index (Phi) is 9.94. The van der Waals surface area contributed by atoms with E-state index in [2.05, 4.69) is 19.6 Å². The van der Waals surface area contributed by atoms with Crippen LogP contribution in [0.3, 0.4) is 0 Å². The molecule has 0 aromatic rings. The van der Waals surface area contributed by atoms with Crippen molar-refractivity contribution in [2.45, 2.75) is 39.7 Å². The van der Waals surface area contributed by atoms with E-state index < -0.39 is 8.80 Å². The van der Waals surface area contributed by atoms with Crippen LogP contribution in [0.15, 0.2) is 0 Å². The van der Waals surface area contributed by atoms with Gasteiger partial charge in [-0.3, -0.25) is 0 Å². The average molecular weight is 252 g/mol. The molecule has 0 saturated heterocycles. The fourth-order valence-electron chi connectivity index (χ4n) is 1.33. The van der Waals surface area contributed by atoms with E-state index in [0.717, 1.165) is 31.2 Å². The standard InChI is InChI=1S/C10H24O3SSi/c1-4-8-13-15(11-5-2,12-6-3)10-7-9-14/h14H,4-10H2,1-3H3. The summed E-state index contributed by atoms with van der Waals surface area (Å²) in [6.45, 7) is 8.09. The fraction of sp³-hybridized carbons (Fsp3) is 1.00. The van der Waals surface area contributed by atoms with Gasteiger partial charge in [-0.25, -0.2) is 0 Å². The van der Waals surface area contributed by atoms with E-state index >= 15 is 0 Å². The van der Waals surface area contributed by atoms with E-state index in [1.807, 2.05) is 13.8 Å². The summed E-state index contributed by atoms with van der Waals surface area (Å²) in [5.41, 5.74) is 0. The van der Waals surface area contributed by atoms with Gasteiger partial charge in [-0.1, -0.05) is 6.92 Å². The van der Waals surface area contributed by atoms with E-state index in [1.165, 1.54) is 0 Å². The highest BCUT2D eigenvalue weighted by Gasteiger charge is 2.39. The molecule has 0 amide bonds. The smallest absolute Gasteiger partial charge is 0.374 e. The van der Waals surface area contributed by atoms with Gasteiger partial charge in [0.25, 0.3) is 0 Å². The molecule has 0 aromatic heterocycles. The zero-order valence-corrected chi connectivity index (χ0v) is 12.0. The minimum absolute atomic E-state index is 0.655. The Hall–Kier alpha value is 0.447. The van der Waals surface area contributed by atoms with E-state index in [9.17, 15) is 0 Å². The number of hydrogen-bond donors (Lipinski definition) is 1. The molecule has 0 aliphatic heterocycles. The Labute approximate surface area is 100 Å². The molecule has 0 radical (unpaired) electrons. The molecule has 0 aliphatic carbocycles. The van der Waals surface area contributed by atoms with Gasteiger partial charge in [0.1, 0.15) is 0 Å². The highest BCUT2D eigenvalue weighted by atomic mass is 32.1. The van der Waals surface area contributed by atoms with Crippen molar-refractivity contribution in [2.24, 2.45) is 0 Å². The van der Waals surface area contributed by atoms with Gasteiger partial charge in [0.05, 0.1) is 0 Å². The molecule has 92 valence electrons. The zero-order valence-electron chi connectivity index (χ0n) is 10.1. The van der Waals surface area contributed by atoms with Crippen molar-refractivity contribution in [1.82, 2.24) is 0 Å². The minimum Gasteiger partial charge on any atom is -0.374 e. The van der Waals surface area contributed by atoms with Crippen molar-refractivity contribution in [3.8, 4) is 0 Å². The summed E-state index contributed by atoms with van der Waals surface area (Å²) >= 11 is 4.22. The van der Waals surface area contributed by atoms with Crippen molar-refractivity contribution >= 4 is 21.4 Å². The zero-order chi connectivity index (χ0) is 11.6. The first-order chi connectivity index (χ1) is 7.24. The maximum Gasteiger partial charge on any atom is 0.500 e. The molecule has 0 saturated carbocycles. The third-order valence-corrected chi connectivity index (χ3v) is 5.28. The average Bonchev–Trinajstić information content (AvgIpc) is 2.24. The summed E-state index contributed by atoms with van der Waals surface area (Å²) in [7, 11) is -2.39. The summed E-state index contributed by atoms with van der Waals surface area (Å²) in [6.07, 6.45) is 1.98. The Balaban J connectivity index is 4.26. The Morgan fingerprint density at radius 3 is 2.00 bits per heavy atom. The summed E-state index contributed by atoms with van der Waals surface area (Å²) < 4.78 is 17.3. The van der Waals surface area contributed by atoms with Crippen molar-refractivity contribution < 1.29 is 13.3 Å². The Bertz CT molecular complexity index is 131. The van der Waals surface area contributed by atoms with Crippen LogP contribution < -0.4 is 0 Å². The topological polar surface area (TPSA) is 27.7 Å². The van der Waals surface area contributed by atoms with Gasteiger partial charge < -0.3 is 13.3 Å². The second kappa shape index (κ2) is 9.66. The van der Waals surface area contributed by atoms with Gasteiger partial charge in [-0.05, 0) is 32.4 Å². The van der Waals surface area contributed by atoms with Crippen LogP contribution in [0.2, 0.25) is 6.04 Å². The molecule has 0 unspecified atom stereocenters. The molecule has 3 nitrogen and oxygen atoms in total. The molecule has 15 heavy (non-hydrogen) atoms. The lowest BCUT2D eigenvalue weighted by Crippen LogP contribution is -2.46. The summed E-state index contributed by atoms with van der Waals surface area (Å²) in [5.74, 6) is 0.852. The maximum absolute atomic E-state index is 5.82. The largest absolute Gasteiger partial charge is 0.500 e. The summed E-state index contributed by atoms with van der Waals surface area (Å²) in [5, 5.41) is 0. The molecule has 0 N–H and O–H groups in total. The first-order valence-electron chi connectivity index (χ1n) is 5.77. The highest BCUT2D eigenvalue weighted by molar-refractivity contribution is 7.80. The summed E-state index contributed by atoms with van der Waals surface area (Å²) in [4.78, 5) is 0. The third kappa shape index (κ3) is 6.58. The fourth-order valence-corrected chi connectivity index (χ4v) is 4.48. The normalized spacial score (nSPS) is 12.0. The van der Waals surface area contributed by atoms with Crippen molar-refractivity contribution in [2.75, 3.05) is 25.6 Å². The van der Waals surface area contributed by atoms with E-state index in [1.54, 1.807) is 0 Å². The molecule has 0 atom stereocenters. The number of rotatable bonds is 10. The van der Waals surface area contributed by atoms with Crippen LogP contribution in [0.1, 0.15) is 33.6 Å². The van der Waals surface area contributed by atoms with E-state index in [4.69, 9.17) is 13.3 Å². The highest BCUT2D eigenvalue weighted by Crippen LogP contribution is 2.18. The van der Waals surface area contributed by atoms with Crippen molar-refractivity contribution in [3.63, 3.8) is 0 Å². The molecule has 0 aliphatic rings. The third-order valence-electron chi connectivity index (χ3n) is 1.90. The predicted molar refractivity (Wildman–Crippen MR) is 68.5 cm³/mol. The molecule has 5 heteroatoms. The molecule has 0 heterocycles. The van der Waals surface area contributed by atoms with Crippen LogP contribution in [0.25, 0.3) is 0 Å². The molecule has 0 fully saturated rings. The van der Waals surface area contributed by atoms with Gasteiger partial charge >= 0.3 is 8.80 Å². The van der Waals surface area contributed by atoms with E-state index in [0.29, 0.717) is 13.2 Å². The molecule has 0 bridgehead atoms. The lowest BCUT2D eigenvalue weighted by Gasteiger charge is -2.28. The van der Waals surface area contributed by atoms with Gasteiger partial charge in [-0.15, -0.1) is 0 Å². The van der Waals surface area contributed by atoms with Crippen LogP contribution >= 0.6 is 12.6 Å². The first kappa shape index (κ1) is 15.4. The number of thiol groups is 1. The number of hydrogen-bond acceptors (Lipinski definition) is 4. The van der Waals surface area contributed by atoms with Gasteiger partial charge in [0, 0.05) is 25.9 Å². The first-order valence-corrected chi connectivity index (χ1v) is 8.33. The van der Waals surface area contributed by atoms with Gasteiger partial charge in [-0.2, -0.15) is 12.6 Å². The van der Waals surface area contributed by atoms with Crippen LogP contribution in [0.4, 0.5) is 0 Å². The predicted octanol–water partition coefficient (Wildman–Crippen LogP) is 2.74. The molecular formula is C10H24O3SSi. The molecular weight excluding hydrogens is 228 g/mol. The lowest BCUT2D eigenvalue weighted by atomic mass is 10.5. The van der Waals surface area contributed by atoms with Crippen LogP contribution in [-0.2, 0) is 13.3 Å².